The molecule has 3 heteroatoms. The van der Waals surface area contributed by atoms with Crippen molar-refractivity contribution in [3.8, 4) is 5.69 Å². The summed E-state index contributed by atoms with van der Waals surface area (Å²) in [5.74, 6) is 8.29. The zero-order valence-corrected chi connectivity index (χ0v) is 19.6. The van der Waals surface area contributed by atoms with Gasteiger partial charge in [-0.2, -0.15) is 0 Å². The Labute approximate surface area is 206 Å². The number of benzene rings is 5. The minimum atomic E-state index is 0.293. The fourth-order valence-electron chi connectivity index (χ4n) is 5.04. The fraction of sp³-hybridized carbons (Fsp3) is 0.0625. The molecule has 0 spiro atoms. The summed E-state index contributed by atoms with van der Waals surface area (Å²) in [6.07, 6.45) is 0.974. The predicted octanol–water partition coefficient (Wildman–Crippen LogP) is 6.98. The fourth-order valence-corrected chi connectivity index (χ4v) is 5.04. The van der Waals surface area contributed by atoms with Gasteiger partial charge in [0.2, 0.25) is 0 Å². The molecule has 0 amide bonds. The minimum absolute atomic E-state index is 0.293. The van der Waals surface area contributed by atoms with Crippen LogP contribution in [0.1, 0.15) is 22.6 Å². The molecule has 6 aromatic rings. The molecule has 6 rings (SSSR count). The highest BCUT2D eigenvalue weighted by atomic mass is 15.0. The molecule has 0 saturated carbocycles. The van der Waals surface area contributed by atoms with Crippen LogP contribution in [0.2, 0.25) is 0 Å². The zero-order chi connectivity index (χ0) is 24.0. The monoisotopic (exact) mass is 455 g/mol. The third kappa shape index (κ3) is 4.47. The molecule has 0 bridgehead atoms. The van der Waals surface area contributed by atoms with Crippen LogP contribution in [0.4, 0.5) is 0 Å². The van der Waals surface area contributed by atoms with Gasteiger partial charge in [0.1, 0.15) is 0 Å². The van der Waals surface area contributed by atoms with Gasteiger partial charge in [-0.05, 0) is 47.4 Å². The number of fused-ring (bicyclic) bond motifs is 3. The molecule has 3 nitrogen and oxygen atoms in total. The first kappa shape index (κ1) is 22.6. The Kier molecular flexibility index (Phi) is 6.71. The van der Waals surface area contributed by atoms with Gasteiger partial charge in [0, 0.05) is 22.4 Å². The van der Waals surface area contributed by atoms with Crippen molar-refractivity contribution < 1.29 is 0 Å². The summed E-state index contributed by atoms with van der Waals surface area (Å²) in [6.45, 7) is 0. The van der Waals surface area contributed by atoms with Crippen LogP contribution >= 0.6 is 0 Å². The van der Waals surface area contributed by atoms with Crippen molar-refractivity contribution in [3.05, 3.63) is 150 Å². The zero-order valence-electron chi connectivity index (χ0n) is 19.6. The van der Waals surface area contributed by atoms with Gasteiger partial charge in [-0.1, -0.05) is 109 Å². The molecule has 5 aromatic carbocycles. The van der Waals surface area contributed by atoms with Crippen LogP contribution in [-0.4, -0.2) is 4.57 Å². The number of para-hydroxylation sites is 2. The van der Waals surface area contributed by atoms with E-state index in [-0.39, 0.29) is 0 Å². The average molecular weight is 456 g/mol. The molecule has 0 aliphatic carbocycles. The summed E-state index contributed by atoms with van der Waals surface area (Å²) in [5, 5.41) is 2.59. The van der Waals surface area contributed by atoms with Crippen LogP contribution in [0.3, 0.4) is 0 Å². The molecular weight excluding hydrogens is 426 g/mol. The van der Waals surface area contributed by atoms with Gasteiger partial charge >= 0.3 is 0 Å². The van der Waals surface area contributed by atoms with Crippen molar-refractivity contribution >= 4 is 21.8 Å². The Balaban J connectivity index is 0.00000124. The average Bonchev–Trinajstić information content (AvgIpc) is 3.28. The van der Waals surface area contributed by atoms with E-state index in [1.54, 1.807) is 0 Å². The van der Waals surface area contributed by atoms with E-state index in [0.717, 1.165) is 6.42 Å². The number of rotatable bonds is 5. The van der Waals surface area contributed by atoms with Crippen LogP contribution in [0.15, 0.2) is 133 Å². The van der Waals surface area contributed by atoms with Crippen LogP contribution in [0.5, 0.6) is 0 Å². The van der Waals surface area contributed by atoms with E-state index < -0.39 is 0 Å². The van der Waals surface area contributed by atoms with E-state index in [1.807, 2.05) is 0 Å². The highest BCUT2D eigenvalue weighted by Gasteiger charge is 2.17. The molecule has 1 heterocycles. The largest absolute Gasteiger partial charge is 0.309 e. The van der Waals surface area contributed by atoms with Crippen LogP contribution in [0, 0.1) is 0 Å². The van der Waals surface area contributed by atoms with Crippen molar-refractivity contribution in [2.75, 3.05) is 0 Å². The van der Waals surface area contributed by atoms with E-state index in [2.05, 4.69) is 150 Å². The summed E-state index contributed by atoms with van der Waals surface area (Å²) >= 11 is 0. The van der Waals surface area contributed by atoms with Crippen LogP contribution < -0.4 is 11.7 Å². The minimum Gasteiger partial charge on any atom is -0.309 e. The quantitative estimate of drug-likeness (QED) is 0.218. The lowest BCUT2D eigenvalue weighted by molar-refractivity contribution is 0.804. The number of aromatic nitrogens is 1. The number of hydrogen-bond donors (Lipinski definition) is 2. The Bertz CT molecular complexity index is 1480. The third-order valence-electron chi connectivity index (χ3n) is 6.60. The number of nitrogens with two attached hydrogens (primary N) is 2. The molecule has 4 N–H and O–H groups in total. The molecule has 172 valence electrons. The lowest BCUT2D eigenvalue weighted by atomic mass is 9.86. The van der Waals surface area contributed by atoms with Crippen molar-refractivity contribution in [1.82, 2.24) is 4.57 Å². The molecule has 1 aromatic heterocycles. The van der Waals surface area contributed by atoms with Gasteiger partial charge in [0.05, 0.1) is 11.0 Å². The summed E-state index contributed by atoms with van der Waals surface area (Å²) in [4.78, 5) is 0. The van der Waals surface area contributed by atoms with Gasteiger partial charge < -0.3 is 4.57 Å². The number of nitrogens with zero attached hydrogens (tertiary/aromatic N) is 1. The second-order valence-corrected chi connectivity index (χ2v) is 8.62. The molecule has 0 saturated heterocycles. The summed E-state index contributed by atoms with van der Waals surface area (Å²) < 4.78 is 2.40. The summed E-state index contributed by atoms with van der Waals surface area (Å²) in [7, 11) is 0. The molecule has 0 aliphatic rings. The van der Waals surface area contributed by atoms with Gasteiger partial charge in [-0.15, -0.1) is 0 Å². The maximum Gasteiger partial charge on any atom is 0.0541 e. The topological polar surface area (TPSA) is 57.0 Å². The van der Waals surface area contributed by atoms with Crippen LogP contribution in [-0.2, 0) is 6.42 Å². The first-order valence-corrected chi connectivity index (χ1v) is 11.9. The Morgan fingerprint density at radius 3 is 1.66 bits per heavy atom. The SMILES string of the molecule is NN.c1ccc(CC(c2ccccc2)c2cccc(-n3c4ccccc4c4ccccc43)c2)cc1. The van der Waals surface area contributed by atoms with E-state index in [9.17, 15) is 0 Å². The number of hydrogen-bond acceptors (Lipinski definition) is 2. The molecule has 0 radical (unpaired) electrons. The third-order valence-corrected chi connectivity index (χ3v) is 6.60. The molecule has 0 aliphatic heterocycles. The number of hydrazine groups is 1. The van der Waals surface area contributed by atoms with Crippen LogP contribution in [0.25, 0.3) is 27.5 Å². The van der Waals surface area contributed by atoms with Gasteiger partial charge in [-0.3, -0.25) is 11.7 Å². The lowest BCUT2D eigenvalue weighted by Crippen LogP contribution is -2.06. The second kappa shape index (κ2) is 10.4. The van der Waals surface area contributed by atoms with E-state index in [0.29, 0.717) is 5.92 Å². The Morgan fingerprint density at radius 2 is 1.03 bits per heavy atom. The van der Waals surface area contributed by atoms with Crippen molar-refractivity contribution in [2.24, 2.45) is 11.7 Å². The summed E-state index contributed by atoms with van der Waals surface area (Å²) in [6, 6.07) is 48.2. The molecular formula is C32H29N3. The molecule has 1 atom stereocenters. The van der Waals surface area contributed by atoms with Crippen molar-refractivity contribution in [3.63, 3.8) is 0 Å². The lowest BCUT2D eigenvalue weighted by Gasteiger charge is -2.20. The van der Waals surface area contributed by atoms with E-state index >= 15 is 0 Å². The predicted molar refractivity (Wildman–Crippen MR) is 148 cm³/mol. The normalized spacial score (nSPS) is 11.7. The molecule has 0 fully saturated rings. The van der Waals surface area contributed by atoms with Gasteiger partial charge in [0.25, 0.3) is 0 Å². The smallest absolute Gasteiger partial charge is 0.0541 e. The van der Waals surface area contributed by atoms with E-state index in [4.69, 9.17) is 0 Å². The van der Waals surface area contributed by atoms with Crippen molar-refractivity contribution in [1.29, 1.82) is 0 Å². The van der Waals surface area contributed by atoms with Crippen molar-refractivity contribution in [2.45, 2.75) is 12.3 Å². The highest BCUT2D eigenvalue weighted by molar-refractivity contribution is 6.09. The maximum absolute atomic E-state index is 4.00. The standard InChI is InChI=1S/C32H25N.H4N2/c1-3-12-24(13-4-1)22-30(25-14-5-2-6-15-25)26-16-11-17-27(23-26)33-31-20-9-7-18-28(31)29-19-8-10-21-32(29)33;1-2/h1-21,23,30H,22H2;1-2H2. The summed E-state index contributed by atoms with van der Waals surface area (Å²) in [5.41, 5.74) is 7.74. The Hall–Kier alpha value is -4.18. The second-order valence-electron chi connectivity index (χ2n) is 8.62. The highest BCUT2D eigenvalue weighted by Crippen LogP contribution is 2.34. The molecule has 35 heavy (non-hydrogen) atoms. The Morgan fingerprint density at radius 1 is 0.514 bits per heavy atom. The molecule has 1 unspecified atom stereocenters. The van der Waals surface area contributed by atoms with E-state index in [1.165, 1.54) is 44.2 Å². The van der Waals surface area contributed by atoms with Gasteiger partial charge in [-0.25, -0.2) is 0 Å². The first-order valence-electron chi connectivity index (χ1n) is 11.9. The first-order chi connectivity index (χ1) is 17.4. The maximum atomic E-state index is 4.00. The van der Waals surface area contributed by atoms with Gasteiger partial charge in [0.15, 0.2) is 0 Å².